The molecule has 0 aliphatic heterocycles. The molecule has 2 heterocycles. The van der Waals surface area contributed by atoms with Crippen LogP contribution in [0.25, 0.3) is 33.5 Å². The highest BCUT2D eigenvalue weighted by Crippen LogP contribution is 2.44. The molecule has 0 N–H and O–H groups in total. The van der Waals surface area contributed by atoms with Crippen molar-refractivity contribution < 1.29 is 23.6 Å². The van der Waals surface area contributed by atoms with Gasteiger partial charge in [-0.1, -0.05) is 35.5 Å². The number of nitrogens with zero attached hydrogens (tertiary/aromatic N) is 2. The molecule has 0 amide bonds. The first-order valence-corrected chi connectivity index (χ1v) is 9.26. The predicted octanol–water partition coefficient (Wildman–Crippen LogP) is 4.26. The lowest BCUT2D eigenvalue weighted by molar-refractivity contribution is 0.0815. The minimum absolute atomic E-state index is 0.240. The third-order valence-electron chi connectivity index (χ3n) is 5.33. The molecule has 148 valence electrons. The number of methoxy groups -OCH3 is 2. The molecular weight excluding hydrogens is 384 g/mol. The van der Waals surface area contributed by atoms with Crippen molar-refractivity contribution in [3.63, 3.8) is 0 Å². The molecular formula is C23H16N2O5. The Bertz CT molecular complexity index is 1370. The maximum absolute atomic E-state index is 13.2. The van der Waals surface area contributed by atoms with Gasteiger partial charge in [0.05, 0.1) is 36.6 Å². The zero-order valence-corrected chi connectivity index (χ0v) is 16.5. The van der Waals surface area contributed by atoms with Gasteiger partial charge in [-0.2, -0.15) is 0 Å². The third kappa shape index (κ3) is 2.38. The monoisotopic (exact) mass is 400 g/mol. The summed E-state index contributed by atoms with van der Waals surface area (Å²) in [4.78, 5) is 30.7. The molecule has 4 aromatic rings. The van der Waals surface area contributed by atoms with E-state index in [9.17, 15) is 9.59 Å². The highest BCUT2D eigenvalue weighted by molar-refractivity contribution is 6.54. The summed E-state index contributed by atoms with van der Waals surface area (Å²) >= 11 is 0. The summed E-state index contributed by atoms with van der Waals surface area (Å²) < 4.78 is 16.2. The van der Waals surface area contributed by atoms with Gasteiger partial charge in [-0.15, -0.1) is 0 Å². The van der Waals surface area contributed by atoms with E-state index in [4.69, 9.17) is 14.0 Å². The van der Waals surface area contributed by atoms with Gasteiger partial charge >= 0.3 is 0 Å². The first-order valence-electron chi connectivity index (χ1n) is 9.26. The molecule has 7 nitrogen and oxygen atoms in total. The highest BCUT2D eigenvalue weighted by atomic mass is 16.5. The lowest BCUT2D eigenvalue weighted by atomic mass is 9.82. The van der Waals surface area contributed by atoms with E-state index in [0.29, 0.717) is 56.2 Å². The first kappa shape index (κ1) is 18.1. The summed E-state index contributed by atoms with van der Waals surface area (Å²) in [6.45, 7) is 1.77. The Morgan fingerprint density at radius 3 is 2.33 bits per heavy atom. The van der Waals surface area contributed by atoms with Gasteiger partial charge in [-0.05, 0) is 24.6 Å². The number of hydrogen-bond acceptors (Lipinski definition) is 7. The molecule has 0 fully saturated rings. The number of carbonyl (C=O) groups is 2. The van der Waals surface area contributed by atoms with E-state index in [-0.39, 0.29) is 5.56 Å². The van der Waals surface area contributed by atoms with Crippen LogP contribution in [0.2, 0.25) is 0 Å². The Kier molecular flexibility index (Phi) is 3.92. The van der Waals surface area contributed by atoms with Crippen molar-refractivity contribution in [1.29, 1.82) is 0 Å². The maximum Gasteiger partial charge on any atom is 0.259 e. The molecule has 0 radical (unpaired) electrons. The molecule has 0 bridgehead atoms. The van der Waals surface area contributed by atoms with E-state index in [1.165, 1.54) is 7.11 Å². The molecule has 0 atom stereocenters. The van der Waals surface area contributed by atoms with E-state index >= 15 is 0 Å². The smallest absolute Gasteiger partial charge is 0.259 e. The second kappa shape index (κ2) is 6.52. The fraction of sp³-hybridized carbons (Fsp3) is 0.130. The average molecular weight is 400 g/mol. The van der Waals surface area contributed by atoms with E-state index in [1.807, 2.05) is 0 Å². The standard InChI is InChI=1S/C23H16N2O5/c1-11-17-18(12-8-9-15(28-2)16(10-12)29-3)19-20(24-23(17)30-25-11)13-6-4-5-7-14(13)21(26)22(19)27/h4-10H,1-3H3. The number of fused-ring (bicyclic) bond motifs is 4. The van der Waals surface area contributed by atoms with Crippen LogP contribution in [0.1, 0.15) is 26.4 Å². The van der Waals surface area contributed by atoms with E-state index < -0.39 is 11.6 Å². The number of hydrogen-bond donors (Lipinski definition) is 0. The number of pyridine rings is 1. The van der Waals surface area contributed by atoms with Gasteiger partial charge in [-0.3, -0.25) is 9.59 Å². The van der Waals surface area contributed by atoms with Gasteiger partial charge in [-0.25, -0.2) is 4.98 Å². The van der Waals surface area contributed by atoms with Crippen LogP contribution in [0.3, 0.4) is 0 Å². The molecule has 1 aliphatic rings. The fourth-order valence-corrected chi connectivity index (χ4v) is 3.94. The minimum Gasteiger partial charge on any atom is -0.493 e. The van der Waals surface area contributed by atoms with Crippen molar-refractivity contribution in [2.24, 2.45) is 0 Å². The molecule has 0 saturated heterocycles. The van der Waals surface area contributed by atoms with Gasteiger partial charge in [0.2, 0.25) is 11.6 Å². The van der Waals surface area contributed by atoms with Crippen LogP contribution in [0, 0.1) is 6.92 Å². The van der Waals surface area contributed by atoms with Crippen LogP contribution in [-0.2, 0) is 0 Å². The van der Waals surface area contributed by atoms with Gasteiger partial charge in [0.25, 0.3) is 5.71 Å². The Hall–Kier alpha value is -4.00. The zero-order chi connectivity index (χ0) is 21.0. The summed E-state index contributed by atoms with van der Waals surface area (Å²) in [5.74, 6) is -0.119. The summed E-state index contributed by atoms with van der Waals surface area (Å²) in [5.41, 5.74) is 3.65. The zero-order valence-electron chi connectivity index (χ0n) is 16.5. The topological polar surface area (TPSA) is 91.5 Å². The first-order chi connectivity index (χ1) is 14.5. The second-order valence-electron chi connectivity index (χ2n) is 6.93. The molecule has 0 spiro atoms. The van der Waals surface area contributed by atoms with Gasteiger partial charge in [0, 0.05) is 16.7 Å². The SMILES string of the molecule is COc1ccc(-c2c3c(nc4onc(C)c24)-c2ccccc2C(=O)C3=O)cc1OC. The van der Waals surface area contributed by atoms with Gasteiger partial charge < -0.3 is 14.0 Å². The number of benzene rings is 2. The van der Waals surface area contributed by atoms with Crippen molar-refractivity contribution >= 4 is 22.7 Å². The van der Waals surface area contributed by atoms with Crippen molar-refractivity contribution in [2.45, 2.75) is 6.92 Å². The van der Waals surface area contributed by atoms with Crippen LogP contribution < -0.4 is 9.47 Å². The number of carbonyl (C=O) groups excluding carboxylic acids is 2. The van der Waals surface area contributed by atoms with Crippen LogP contribution >= 0.6 is 0 Å². The fourth-order valence-electron chi connectivity index (χ4n) is 3.94. The minimum atomic E-state index is -0.608. The summed E-state index contributed by atoms with van der Waals surface area (Å²) in [7, 11) is 3.09. The molecule has 2 aromatic carbocycles. The second-order valence-corrected chi connectivity index (χ2v) is 6.93. The highest BCUT2D eigenvalue weighted by Gasteiger charge is 2.36. The molecule has 30 heavy (non-hydrogen) atoms. The van der Waals surface area contributed by atoms with Crippen LogP contribution in [0.4, 0.5) is 0 Å². The van der Waals surface area contributed by atoms with E-state index in [2.05, 4.69) is 10.1 Å². The quantitative estimate of drug-likeness (QED) is 0.475. The Labute approximate surface area is 171 Å². The summed E-state index contributed by atoms with van der Waals surface area (Å²) in [5, 5.41) is 4.62. The molecule has 0 saturated carbocycles. The molecule has 5 rings (SSSR count). The molecule has 7 heteroatoms. The number of aromatic nitrogens is 2. The number of ether oxygens (including phenoxy) is 2. The van der Waals surface area contributed by atoms with E-state index in [1.54, 1.807) is 56.5 Å². The Balaban J connectivity index is 1.94. The third-order valence-corrected chi connectivity index (χ3v) is 5.33. The molecule has 0 unspecified atom stereocenters. The number of aryl methyl sites for hydroxylation is 1. The van der Waals surface area contributed by atoms with Crippen LogP contribution in [-0.4, -0.2) is 35.9 Å². The van der Waals surface area contributed by atoms with Crippen LogP contribution in [0.5, 0.6) is 11.5 Å². The maximum atomic E-state index is 13.2. The average Bonchev–Trinajstić information content (AvgIpc) is 3.16. The number of rotatable bonds is 3. The summed E-state index contributed by atoms with van der Waals surface area (Å²) in [6, 6.07) is 12.3. The van der Waals surface area contributed by atoms with Crippen molar-refractivity contribution in [2.75, 3.05) is 14.2 Å². The Morgan fingerprint density at radius 2 is 1.60 bits per heavy atom. The van der Waals surface area contributed by atoms with E-state index in [0.717, 1.165) is 0 Å². The Morgan fingerprint density at radius 1 is 0.867 bits per heavy atom. The van der Waals surface area contributed by atoms with Crippen LogP contribution in [0.15, 0.2) is 47.0 Å². The van der Waals surface area contributed by atoms with Crippen molar-refractivity contribution in [3.05, 3.63) is 59.3 Å². The molecule has 2 aromatic heterocycles. The number of Topliss-reactive ketones (excluding diaryl/α,β-unsaturated/α-hetero) is 2. The van der Waals surface area contributed by atoms with Crippen molar-refractivity contribution in [1.82, 2.24) is 10.1 Å². The van der Waals surface area contributed by atoms with Gasteiger partial charge in [0.15, 0.2) is 11.5 Å². The lowest BCUT2D eigenvalue weighted by Crippen LogP contribution is -2.23. The van der Waals surface area contributed by atoms with Crippen molar-refractivity contribution in [3.8, 4) is 33.9 Å². The largest absolute Gasteiger partial charge is 0.493 e. The van der Waals surface area contributed by atoms with Gasteiger partial charge in [0.1, 0.15) is 0 Å². The molecule has 1 aliphatic carbocycles. The predicted molar refractivity (Wildman–Crippen MR) is 109 cm³/mol. The summed E-state index contributed by atoms with van der Waals surface area (Å²) in [6.07, 6.45) is 0. The lowest BCUT2D eigenvalue weighted by Gasteiger charge is -2.20. The normalized spacial score (nSPS) is 12.6. The number of ketones is 2.